The van der Waals surface area contributed by atoms with E-state index in [1.54, 1.807) is 6.08 Å². The molecule has 1 aliphatic carbocycles. The van der Waals surface area contributed by atoms with Crippen LogP contribution in [0.2, 0.25) is 0 Å². The van der Waals surface area contributed by atoms with E-state index in [2.05, 4.69) is 224 Å². The number of hydrogen-bond acceptors (Lipinski definition) is 0. The van der Waals surface area contributed by atoms with Crippen molar-refractivity contribution in [2.45, 2.75) is 88.0 Å². The maximum absolute atomic E-state index is 3.66. The molecule has 7 aromatic rings. The molecule has 0 spiro atoms. The summed E-state index contributed by atoms with van der Waals surface area (Å²) in [5.41, 5.74) is 21.6. The predicted octanol–water partition coefficient (Wildman–Crippen LogP) is 17.7. The molecule has 0 saturated heterocycles. The van der Waals surface area contributed by atoms with Crippen LogP contribution in [0.1, 0.15) is 98.5 Å². The van der Waals surface area contributed by atoms with Gasteiger partial charge in [0.05, 0.1) is 0 Å². The van der Waals surface area contributed by atoms with Crippen LogP contribution in [0.15, 0.2) is 195 Å². The number of fused-ring (bicyclic) bond motifs is 3. The molecule has 0 N–H and O–H groups in total. The van der Waals surface area contributed by atoms with Gasteiger partial charge in [-0.3, -0.25) is 0 Å². The van der Waals surface area contributed by atoms with Gasteiger partial charge < -0.3 is 0 Å². The maximum atomic E-state index is 3.66. The fraction of sp³-hybridized carbons (Fsp3) is 0.213. The highest BCUT2D eigenvalue weighted by molar-refractivity contribution is 5.82. The molecule has 8 rings (SSSR count). The molecule has 1 aliphatic rings. The second-order valence-corrected chi connectivity index (χ2v) is 15.6. The van der Waals surface area contributed by atoms with E-state index in [1.165, 1.54) is 89.0 Å². The van der Waals surface area contributed by atoms with Crippen molar-refractivity contribution in [3.63, 3.8) is 0 Å². The summed E-state index contributed by atoms with van der Waals surface area (Å²) >= 11 is 0. The molecule has 0 saturated carbocycles. The summed E-state index contributed by atoms with van der Waals surface area (Å²) in [7, 11) is 0. The molecule has 0 bridgehead atoms. The summed E-state index contributed by atoms with van der Waals surface area (Å²) < 4.78 is 0. The number of aryl methyl sites for hydroxylation is 4. The van der Waals surface area contributed by atoms with Crippen molar-refractivity contribution in [1.82, 2.24) is 0 Å². The third kappa shape index (κ3) is 12.2. The largest absolute Gasteiger partial charge is 0.0991 e. The van der Waals surface area contributed by atoms with Gasteiger partial charge in [-0.1, -0.05) is 236 Å². The third-order valence-corrected chi connectivity index (χ3v) is 11.1. The van der Waals surface area contributed by atoms with E-state index < -0.39 is 0 Å². The fourth-order valence-corrected chi connectivity index (χ4v) is 8.06. The van der Waals surface area contributed by atoms with Gasteiger partial charge in [0.25, 0.3) is 0 Å². The zero-order valence-electron chi connectivity index (χ0n) is 38.8. The topological polar surface area (TPSA) is 0 Å². The Morgan fingerprint density at radius 3 is 1.74 bits per heavy atom. The van der Waals surface area contributed by atoms with Crippen molar-refractivity contribution in [1.29, 1.82) is 0 Å². The van der Waals surface area contributed by atoms with Crippen LogP contribution in [0.3, 0.4) is 0 Å². The lowest BCUT2D eigenvalue weighted by atomic mass is 9.80. The smallest absolute Gasteiger partial charge is 0.0161 e. The first-order valence-corrected chi connectivity index (χ1v) is 22.1. The van der Waals surface area contributed by atoms with Gasteiger partial charge in [-0.25, -0.2) is 0 Å². The highest BCUT2D eigenvalue weighted by Crippen LogP contribution is 2.49. The number of rotatable bonds is 7. The second-order valence-electron chi connectivity index (χ2n) is 15.6. The van der Waals surface area contributed by atoms with Crippen molar-refractivity contribution in [2.75, 3.05) is 0 Å². The minimum atomic E-state index is 0.150. The predicted molar refractivity (Wildman–Crippen MR) is 272 cm³/mol. The molecule has 0 aliphatic heterocycles. The molecular formula is C61H68. The van der Waals surface area contributed by atoms with Gasteiger partial charge in [-0.2, -0.15) is 0 Å². The molecule has 0 aromatic heterocycles. The second kappa shape index (κ2) is 23.5. The van der Waals surface area contributed by atoms with Gasteiger partial charge in [-0.15, -0.1) is 0 Å². The SMILES string of the molecule is C=C/C=C\C(=C/C)c1ccc(C)cc1.CC.CC.Cc1cccc2c1C(C)(C)c1ccccc1-2.Cc1ccccc1-c1cc(-c2cccc(Cc3ccccc3)c2)ccc1C. The normalized spacial score (nSPS) is 11.8. The Morgan fingerprint density at radius 2 is 1.07 bits per heavy atom. The Labute approximate surface area is 370 Å². The van der Waals surface area contributed by atoms with Crippen LogP contribution in [0.4, 0.5) is 0 Å². The van der Waals surface area contributed by atoms with Crippen molar-refractivity contribution >= 4 is 5.57 Å². The maximum Gasteiger partial charge on any atom is 0.0161 e. The van der Waals surface area contributed by atoms with Gasteiger partial charge in [0, 0.05) is 5.41 Å². The number of allylic oxidation sites excluding steroid dienone is 5. The van der Waals surface area contributed by atoms with E-state index in [-0.39, 0.29) is 5.41 Å². The molecule has 7 aromatic carbocycles. The average Bonchev–Trinajstić information content (AvgIpc) is 3.54. The highest BCUT2D eigenvalue weighted by Gasteiger charge is 2.35. The fourth-order valence-electron chi connectivity index (χ4n) is 8.06. The van der Waals surface area contributed by atoms with Gasteiger partial charge in [0.2, 0.25) is 0 Å². The van der Waals surface area contributed by atoms with Crippen molar-refractivity contribution in [2.24, 2.45) is 0 Å². The lowest BCUT2D eigenvalue weighted by Gasteiger charge is -2.23. The molecule has 0 unspecified atom stereocenters. The summed E-state index contributed by atoms with van der Waals surface area (Å²) in [6.45, 7) is 27.0. The van der Waals surface area contributed by atoms with E-state index in [0.29, 0.717) is 0 Å². The van der Waals surface area contributed by atoms with E-state index >= 15 is 0 Å². The molecule has 0 radical (unpaired) electrons. The van der Waals surface area contributed by atoms with E-state index in [9.17, 15) is 0 Å². The van der Waals surface area contributed by atoms with Crippen molar-refractivity contribution in [3.05, 3.63) is 245 Å². The Morgan fingerprint density at radius 1 is 0.508 bits per heavy atom. The van der Waals surface area contributed by atoms with Crippen molar-refractivity contribution in [3.8, 4) is 33.4 Å². The molecular weight excluding hydrogens is 733 g/mol. The summed E-state index contributed by atoms with van der Waals surface area (Å²) in [5.74, 6) is 0. The summed E-state index contributed by atoms with van der Waals surface area (Å²) in [4.78, 5) is 0. The third-order valence-electron chi connectivity index (χ3n) is 11.1. The van der Waals surface area contributed by atoms with Gasteiger partial charge in [-0.05, 0) is 131 Å². The van der Waals surface area contributed by atoms with Crippen LogP contribution >= 0.6 is 0 Å². The standard InChI is InChI=1S/C27H24.C16H16.C14H16.2C2H6/c1-20-9-6-7-14-26(20)27-19-25(16-15-21(27)2)24-13-8-12-23(18-24)17-22-10-4-3-5-11-22;1-11-7-6-9-13-12-8-4-5-10-14(12)16(2,3)15(11)13;1-4-6-7-13(5-2)14-10-8-12(3)9-11-14;2*1-2/h3-16,18-19H,17H2,1-2H3;4-10H,1-3H3;4-11H,1H2,2-3H3;2*1-2H3/b;;7-6-,13-5+;;. The highest BCUT2D eigenvalue weighted by atomic mass is 14.4. The Hall–Kier alpha value is -6.24. The molecule has 0 atom stereocenters. The first kappa shape index (κ1) is 47.4. The quantitative estimate of drug-likeness (QED) is 0.141. The first-order valence-electron chi connectivity index (χ1n) is 22.1. The van der Waals surface area contributed by atoms with Crippen LogP contribution in [0.25, 0.3) is 39.0 Å². The lowest BCUT2D eigenvalue weighted by Crippen LogP contribution is -2.16. The summed E-state index contributed by atoms with van der Waals surface area (Å²) in [5, 5.41) is 0. The van der Waals surface area contributed by atoms with Gasteiger partial charge in [0.1, 0.15) is 0 Å². The minimum absolute atomic E-state index is 0.150. The average molecular weight is 801 g/mol. The molecule has 0 nitrogen and oxygen atoms in total. The van der Waals surface area contributed by atoms with E-state index in [1.807, 2.05) is 40.7 Å². The van der Waals surface area contributed by atoms with E-state index in [0.717, 1.165) is 6.42 Å². The Bertz CT molecular complexity index is 2500. The molecule has 0 heterocycles. The number of hydrogen-bond donors (Lipinski definition) is 0. The first-order chi connectivity index (χ1) is 29.6. The van der Waals surface area contributed by atoms with Crippen LogP contribution in [-0.4, -0.2) is 0 Å². The lowest BCUT2D eigenvalue weighted by molar-refractivity contribution is 0.655. The summed E-state index contributed by atoms with van der Waals surface area (Å²) in [6.07, 6.45) is 8.88. The molecule has 312 valence electrons. The van der Waals surface area contributed by atoms with Crippen molar-refractivity contribution < 1.29 is 0 Å². The molecule has 0 fully saturated rings. The monoisotopic (exact) mass is 801 g/mol. The number of benzene rings is 7. The minimum Gasteiger partial charge on any atom is -0.0991 e. The Balaban J connectivity index is 0.000000207. The summed E-state index contributed by atoms with van der Waals surface area (Å²) in [6, 6.07) is 58.9. The van der Waals surface area contributed by atoms with Crippen LogP contribution in [0.5, 0.6) is 0 Å². The van der Waals surface area contributed by atoms with Gasteiger partial charge in [0.15, 0.2) is 0 Å². The molecule has 61 heavy (non-hydrogen) atoms. The zero-order chi connectivity index (χ0) is 44.4. The van der Waals surface area contributed by atoms with Crippen LogP contribution in [-0.2, 0) is 11.8 Å². The van der Waals surface area contributed by atoms with E-state index in [4.69, 9.17) is 0 Å². The van der Waals surface area contributed by atoms with Crippen LogP contribution in [0, 0.1) is 27.7 Å². The molecule has 0 amide bonds. The van der Waals surface area contributed by atoms with Gasteiger partial charge >= 0.3 is 0 Å². The molecule has 0 heteroatoms. The zero-order valence-corrected chi connectivity index (χ0v) is 38.8. The Kier molecular flexibility index (Phi) is 18.3. The van der Waals surface area contributed by atoms with Crippen LogP contribution < -0.4 is 0 Å².